The van der Waals surface area contributed by atoms with Crippen molar-refractivity contribution < 1.29 is 58.6 Å². The molecule has 0 fully saturated rings. The third-order valence-electron chi connectivity index (χ3n) is 4.80. The van der Waals surface area contributed by atoms with Crippen LogP contribution in [0, 0.1) is 13.8 Å². The first kappa shape index (κ1) is 52.8. The number of hydrogen-bond donors (Lipinski definition) is 0. The van der Waals surface area contributed by atoms with Crippen molar-refractivity contribution in [2.45, 2.75) is 88.4 Å². The lowest BCUT2D eigenvalue weighted by atomic mass is 10.2. The maximum Gasteiger partial charge on any atom is 0.513 e. The molecule has 0 amide bonds. The molecule has 12 nitrogen and oxygen atoms in total. The highest BCUT2D eigenvalue weighted by molar-refractivity contribution is 8.08. The van der Waals surface area contributed by atoms with Crippen LogP contribution in [0.3, 0.4) is 0 Å². The molecule has 0 N–H and O–H groups in total. The summed E-state index contributed by atoms with van der Waals surface area (Å²) in [7, 11) is -2.80. The second kappa shape index (κ2) is 28.2. The fraction of sp³-hybridized carbons (Fsp3) is 0.613. The van der Waals surface area contributed by atoms with Crippen LogP contribution in [0.15, 0.2) is 48.5 Å². The largest absolute Gasteiger partial charge is 0.513 e. The SMILES string of the molecule is CC(C)OP(=O)(F)OC(C)C.CCOP(=O)(Cl)OCC.CCOP(=S)(OC)Oc1ccc(C)cc1.CCOP(=S)(OCC)Oc1ccc(C)cc1. The maximum atomic E-state index is 12.7. The molecule has 298 valence electrons. The zero-order valence-electron chi connectivity index (χ0n) is 31.6. The smallest absolute Gasteiger partial charge is 0.424 e. The Balaban J connectivity index is 0. The van der Waals surface area contributed by atoms with Crippen LogP contribution in [0.4, 0.5) is 4.20 Å². The lowest BCUT2D eigenvalue weighted by molar-refractivity contribution is 0.118. The Bertz CT molecular complexity index is 1360. The van der Waals surface area contributed by atoms with Crippen molar-refractivity contribution in [1.29, 1.82) is 0 Å². The molecule has 0 spiro atoms. The van der Waals surface area contributed by atoms with Gasteiger partial charge in [-0.15, -0.1) is 4.20 Å². The molecule has 20 heteroatoms. The van der Waals surface area contributed by atoms with Gasteiger partial charge in [0.1, 0.15) is 11.5 Å². The van der Waals surface area contributed by atoms with Crippen LogP contribution in [-0.2, 0) is 68.9 Å². The average molecular weight is 863 g/mol. The summed E-state index contributed by atoms with van der Waals surface area (Å²) < 4.78 is 84.4. The number of halogens is 2. The van der Waals surface area contributed by atoms with E-state index in [9.17, 15) is 13.3 Å². The first-order valence-corrected chi connectivity index (χ1v) is 25.1. The Hall–Kier alpha value is -0.300. The fourth-order valence-electron chi connectivity index (χ4n) is 3.01. The Kier molecular flexibility index (Phi) is 29.2. The summed E-state index contributed by atoms with van der Waals surface area (Å²) >= 11 is 15.7. The summed E-state index contributed by atoms with van der Waals surface area (Å²) in [5, 5.41) is 0. The molecule has 51 heavy (non-hydrogen) atoms. The van der Waals surface area contributed by atoms with Gasteiger partial charge in [-0.3, -0.25) is 31.7 Å². The molecule has 2 rings (SSSR count). The van der Waals surface area contributed by atoms with Crippen LogP contribution in [0.5, 0.6) is 11.5 Å². The van der Waals surface area contributed by atoms with Crippen molar-refractivity contribution in [3.05, 3.63) is 59.7 Å². The molecule has 0 radical (unpaired) electrons. The van der Waals surface area contributed by atoms with Gasteiger partial charge in [0, 0.05) is 42.0 Å². The summed E-state index contributed by atoms with van der Waals surface area (Å²) in [6.07, 6.45) is -0.853. The van der Waals surface area contributed by atoms with Crippen LogP contribution in [-0.4, -0.2) is 52.4 Å². The van der Waals surface area contributed by atoms with Crippen molar-refractivity contribution in [3.63, 3.8) is 0 Å². The van der Waals surface area contributed by atoms with Gasteiger partial charge in [0.2, 0.25) is 0 Å². The van der Waals surface area contributed by atoms with E-state index < -0.39 is 40.5 Å². The van der Waals surface area contributed by atoms with Gasteiger partial charge in [-0.25, -0.2) is 9.13 Å². The molecular formula is C31H56ClFO12P4S2. The Labute approximate surface area is 320 Å². The van der Waals surface area contributed by atoms with E-state index in [0.717, 1.165) is 0 Å². The van der Waals surface area contributed by atoms with Gasteiger partial charge in [0.05, 0.1) is 45.2 Å². The molecule has 0 aliphatic heterocycles. The van der Waals surface area contributed by atoms with Gasteiger partial charge in [-0.1, -0.05) is 35.4 Å². The number of rotatable bonds is 19. The first-order valence-electron chi connectivity index (χ1n) is 16.1. The topological polar surface area (TPSA) is 126 Å². The van der Waals surface area contributed by atoms with Gasteiger partial charge in [0.25, 0.3) is 0 Å². The molecule has 1 unspecified atom stereocenters. The zero-order chi connectivity index (χ0) is 39.7. The van der Waals surface area contributed by atoms with Gasteiger partial charge in [-0.05, 0) is 100 Å². The van der Waals surface area contributed by atoms with Crippen molar-refractivity contribution in [1.82, 2.24) is 0 Å². The molecule has 0 aliphatic rings. The fourth-order valence-corrected chi connectivity index (χ4v) is 8.93. The van der Waals surface area contributed by atoms with Gasteiger partial charge < -0.3 is 13.6 Å². The van der Waals surface area contributed by atoms with Crippen molar-refractivity contribution in [2.24, 2.45) is 0 Å². The Morgan fingerprint density at radius 2 is 0.902 bits per heavy atom. The molecule has 0 saturated carbocycles. The van der Waals surface area contributed by atoms with E-state index in [1.807, 2.05) is 83.1 Å². The minimum Gasteiger partial charge on any atom is -0.424 e. The van der Waals surface area contributed by atoms with E-state index in [2.05, 4.69) is 18.1 Å². The van der Waals surface area contributed by atoms with Crippen molar-refractivity contribution in [2.75, 3.05) is 40.1 Å². The van der Waals surface area contributed by atoms with E-state index in [1.165, 1.54) is 18.2 Å². The average Bonchev–Trinajstić information content (AvgIpc) is 2.99. The number of benzene rings is 2. The van der Waals surface area contributed by atoms with E-state index in [-0.39, 0.29) is 0 Å². The van der Waals surface area contributed by atoms with Crippen LogP contribution >= 0.6 is 39.5 Å². The zero-order valence-corrected chi connectivity index (χ0v) is 37.5. The van der Waals surface area contributed by atoms with Gasteiger partial charge in [0.15, 0.2) is 0 Å². The second-order valence-electron chi connectivity index (χ2n) is 10.1. The van der Waals surface area contributed by atoms with Crippen LogP contribution < -0.4 is 9.05 Å². The molecule has 0 heterocycles. The van der Waals surface area contributed by atoms with Crippen molar-refractivity contribution in [3.8, 4) is 11.5 Å². The highest BCUT2D eigenvalue weighted by Crippen LogP contribution is 2.53. The minimum atomic E-state index is -4.30. The highest BCUT2D eigenvalue weighted by Gasteiger charge is 2.27. The quantitative estimate of drug-likeness (QED) is 0.124. The van der Waals surface area contributed by atoms with Crippen LogP contribution in [0.25, 0.3) is 0 Å². The summed E-state index contributed by atoms with van der Waals surface area (Å²) in [6, 6.07) is 15.3. The number of aryl methyl sites for hydroxylation is 2. The maximum absolute atomic E-state index is 12.7. The van der Waals surface area contributed by atoms with E-state index in [1.54, 1.807) is 41.5 Å². The van der Waals surface area contributed by atoms with E-state index in [0.29, 0.717) is 44.5 Å². The van der Waals surface area contributed by atoms with E-state index in [4.69, 9.17) is 62.0 Å². The molecule has 0 bridgehead atoms. The highest BCUT2D eigenvalue weighted by atomic mass is 35.7. The number of hydrogen-bond acceptors (Lipinski definition) is 14. The molecular weight excluding hydrogens is 807 g/mol. The summed E-state index contributed by atoms with van der Waals surface area (Å²) in [4.78, 5) is 0. The first-order chi connectivity index (χ1) is 23.6. The van der Waals surface area contributed by atoms with Gasteiger partial charge >= 0.3 is 28.3 Å². The molecule has 0 saturated heterocycles. The Morgan fingerprint density at radius 3 is 1.18 bits per heavy atom. The summed E-state index contributed by atoms with van der Waals surface area (Å²) in [5.74, 6) is 1.37. The predicted molar refractivity (Wildman–Crippen MR) is 212 cm³/mol. The minimum absolute atomic E-state index is 0.306. The molecule has 1 atom stereocenters. The van der Waals surface area contributed by atoms with Gasteiger partial charge in [-0.2, -0.15) is 0 Å². The summed E-state index contributed by atoms with van der Waals surface area (Å²) in [5.41, 5.74) is 2.35. The predicted octanol–water partition coefficient (Wildman–Crippen LogP) is 12.3. The lowest BCUT2D eigenvalue weighted by Gasteiger charge is -2.20. The third-order valence-corrected chi connectivity index (χ3v) is 12.7. The molecule has 0 aromatic heterocycles. The van der Waals surface area contributed by atoms with E-state index >= 15 is 0 Å². The Morgan fingerprint density at radius 1 is 0.608 bits per heavy atom. The standard InChI is InChI=1S/C11H17O3PS.C10H15O3PS.C6H14FO3P.C4H10ClO3P/c1-4-12-15(16,13-5-2)14-11-8-6-10(3)7-9-11;1-4-12-14(15,11-3)13-10-7-5-9(2)6-8-10;1-5(2)9-11(7,8)10-6(3)4;1-3-7-9(5,6)8-4-2/h6-9H,4-5H2,1-3H3;5-8H,4H2,1-3H3;5-6H,1-4H3;3-4H2,1-2H3. The monoisotopic (exact) mass is 862 g/mol. The molecule has 2 aromatic rings. The van der Waals surface area contributed by atoms with Crippen molar-refractivity contribution >= 4 is 63.1 Å². The van der Waals surface area contributed by atoms with Crippen LogP contribution in [0.2, 0.25) is 0 Å². The molecule has 0 aliphatic carbocycles. The van der Waals surface area contributed by atoms with Crippen LogP contribution in [0.1, 0.15) is 73.4 Å². The summed E-state index contributed by atoms with van der Waals surface area (Å²) in [6.45, 7) is 13.0. The lowest BCUT2D eigenvalue weighted by Crippen LogP contribution is -2.04. The second-order valence-corrected chi connectivity index (χ2v) is 20.0. The normalized spacial score (nSPS) is 12.8. The molecule has 2 aromatic carbocycles. The third kappa shape index (κ3) is 28.8.